The molecule has 1 heterocycles. The van der Waals surface area contributed by atoms with Crippen LogP contribution in [-0.2, 0) is 17.7 Å². The van der Waals surface area contributed by atoms with Crippen LogP contribution in [0.5, 0.6) is 0 Å². The van der Waals surface area contributed by atoms with Gasteiger partial charge in [0.1, 0.15) is 0 Å². The van der Waals surface area contributed by atoms with E-state index in [-0.39, 0.29) is 6.61 Å². The molecule has 0 saturated carbocycles. The summed E-state index contributed by atoms with van der Waals surface area (Å²) in [5.41, 5.74) is 1.01. The van der Waals surface area contributed by atoms with E-state index in [4.69, 9.17) is 9.84 Å². The molecule has 0 aliphatic rings. The van der Waals surface area contributed by atoms with E-state index in [0.29, 0.717) is 13.0 Å². The monoisotopic (exact) mass is 248 g/mol. The predicted octanol–water partition coefficient (Wildman–Crippen LogP) is 0.827. The number of aliphatic hydroxyl groups excluding tert-OH is 1. The third-order valence-electron chi connectivity index (χ3n) is 1.75. The molecule has 0 unspecified atom stereocenters. The Labute approximate surface area is 85.6 Å². The maximum atomic E-state index is 8.82. The van der Waals surface area contributed by atoms with Gasteiger partial charge in [-0.25, -0.2) is 0 Å². The van der Waals surface area contributed by atoms with Gasteiger partial charge in [-0.05, 0) is 15.9 Å². The van der Waals surface area contributed by atoms with E-state index in [9.17, 15) is 0 Å². The maximum Gasteiger partial charge on any atom is 0.0658 e. The minimum atomic E-state index is 0.136. The number of rotatable bonds is 5. The van der Waals surface area contributed by atoms with Gasteiger partial charge in [-0.1, -0.05) is 0 Å². The van der Waals surface area contributed by atoms with E-state index in [1.807, 2.05) is 4.68 Å². The average molecular weight is 249 g/mol. The first-order chi connectivity index (χ1) is 6.29. The zero-order chi connectivity index (χ0) is 9.68. The summed E-state index contributed by atoms with van der Waals surface area (Å²) in [7, 11) is 1.66. The van der Waals surface area contributed by atoms with Crippen molar-refractivity contribution in [2.45, 2.75) is 13.0 Å². The van der Waals surface area contributed by atoms with Crippen molar-refractivity contribution in [3.05, 3.63) is 16.4 Å². The molecule has 4 nitrogen and oxygen atoms in total. The average Bonchev–Trinajstić information content (AvgIpc) is 2.46. The Balaban J connectivity index is 2.68. The lowest BCUT2D eigenvalue weighted by Crippen LogP contribution is -2.10. The van der Waals surface area contributed by atoms with Crippen LogP contribution in [0.4, 0.5) is 0 Å². The molecule has 74 valence electrons. The summed E-state index contributed by atoms with van der Waals surface area (Å²) in [5.74, 6) is 0. The third kappa shape index (κ3) is 2.79. The van der Waals surface area contributed by atoms with Crippen LogP contribution < -0.4 is 0 Å². The van der Waals surface area contributed by atoms with Gasteiger partial charge in [0.15, 0.2) is 0 Å². The molecule has 1 rings (SSSR count). The number of halogens is 1. The molecule has 1 aromatic rings. The Morgan fingerprint density at radius 2 is 2.46 bits per heavy atom. The first-order valence-electron chi connectivity index (χ1n) is 4.09. The molecule has 0 saturated heterocycles. The van der Waals surface area contributed by atoms with Crippen LogP contribution in [0.1, 0.15) is 5.69 Å². The highest BCUT2D eigenvalue weighted by Gasteiger charge is 2.06. The summed E-state index contributed by atoms with van der Waals surface area (Å²) in [6.45, 7) is 1.49. The predicted molar refractivity (Wildman–Crippen MR) is 52.6 cm³/mol. The zero-order valence-electron chi connectivity index (χ0n) is 7.53. The van der Waals surface area contributed by atoms with Crippen molar-refractivity contribution in [3.63, 3.8) is 0 Å². The van der Waals surface area contributed by atoms with Crippen LogP contribution in [0.15, 0.2) is 10.7 Å². The fourth-order valence-electron chi connectivity index (χ4n) is 1.11. The number of aliphatic hydroxyl groups is 1. The van der Waals surface area contributed by atoms with E-state index >= 15 is 0 Å². The summed E-state index contributed by atoms with van der Waals surface area (Å²) < 4.78 is 7.73. The van der Waals surface area contributed by atoms with Crippen molar-refractivity contribution < 1.29 is 9.84 Å². The summed E-state index contributed by atoms with van der Waals surface area (Å²) in [5, 5.41) is 13.0. The second-order valence-electron chi connectivity index (χ2n) is 2.63. The van der Waals surface area contributed by atoms with Crippen molar-refractivity contribution in [3.8, 4) is 0 Å². The van der Waals surface area contributed by atoms with Gasteiger partial charge < -0.3 is 9.84 Å². The quantitative estimate of drug-likeness (QED) is 0.840. The number of ether oxygens (including phenoxy) is 1. The zero-order valence-corrected chi connectivity index (χ0v) is 9.12. The van der Waals surface area contributed by atoms with Gasteiger partial charge in [0.25, 0.3) is 0 Å². The lowest BCUT2D eigenvalue weighted by Gasteiger charge is -2.05. The number of nitrogens with zero attached hydrogens (tertiary/aromatic N) is 2. The van der Waals surface area contributed by atoms with E-state index < -0.39 is 0 Å². The summed E-state index contributed by atoms with van der Waals surface area (Å²) in [4.78, 5) is 0. The lowest BCUT2D eigenvalue weighted by atomic mass is 10.3. The van der Waals surface area contributed by atoms with Gasteiger partial charge in [0.2, 0.25) is 0 Å². The van der Waals surface area contributed by atoms with E-state index in [1.54, 1.807) is 13.3 Å². The Bertz CT molecular complexity index is 263. The van der Waals surface area contributed by atoms with Crippen LogP contribution in [-0.4, -0.2) is 35.2 Å². The summed E-state index contributed by atoms with van der Waals surface area (Å²) in [6.07, 6.45) is 2.35. The Morgan fingerprint density at radius 1 is 1.69 bits per heavy atom. The Hall–Kier alpha value is -0.390. The van der Waals surface area contributed by atoms with Crippen molar-refractivity contribution in [1.29, 1.82) is 0 Å². The molecule has 0 aromatic carbocycles. The molecule has 0 aliphatic carbocycles. The highest BCUT2D eigenvalue weighted by atomic mass is 79.9. The molecule has 5 heteroatoms. The molecule has 0 amide bonds. The standard InChI is InChI=1S/C8H13BrN2O2/c1-13-5-3-11-8(2-4-12)7(9)6-10-11/h6,12H,2-5H2,1H3. The normalized spacial score (nSPS) is 10.7. The number of hydrogen-bond acceptors (Lipinski definition) is 3. The highest BCUT2D eigenvalue weighted by Crippen LogP contribution is 2.16. The van der Waals surface area contributed by atoms with Crippen molar-refractivity contribution in [2.24, 2.45) is 0 Å². The molecule has 1 N–H and O–H groups in total. The minimum Gasteiger partial charge on any atom is -0.396 e. The number of hydrogen-bond donors (Lipinski definition) is 1. The van der Waals surface area contributed by atoms with Crippen LogP contribution in [0, 0.1) is 0 Å². The molecule has 1 aromatic heterocycles. The first kappa shape index (κ1) is 10.7. The largest absolute Gasteiger partial charge is 0.396 e. The molecular weight excluding hydrogens is 236 g/mol. The Kier molecular flexibility index (Phi) is 4.41. The van der Waals surface area contributed by atoms with Crippen LogP contribution in [0.3, 0.4) is 0 Å². The van der Waals surface area contributed by atoms with E-state index in [0.717, 1.165) is 16.7 Å². The van der Waals surface area contributed by atoms with Gasteiger partial charge in [0.05, 0.1) is 29.5 Å². The van der Waals surface area contributed by atoms with Crippen LogP contribution in [0.2, 0.25) is 0 Å². The molecular formula is C8H13BrN2O2. The maximum absolute atomic E-state index is 8.82. The fourth-order valence-corrected chi connectivity index (χ4v) is 1.61. The van der Waals surface area contributed by atoms with Crippen molar-refractivity contribution in [2.75, 3.05) is 20.3 Å². The molecule has 0 radical (unpaired) electrons. The van der Waals surface area contributed by atoms with E-state index in [1.165, 1.54) is 0 Å². The summed E-state index contributed by atoms with van der Waals surface area (Å²) >= 11 is 3.37. The molecule has 0 fully saturated rings. The van der Waals surface area contributed by atoms with Crippen molar-refractivity contribution >= 4 is 15.9 Å². The molecule has 0 spiro atoms. The first-order valence-corrected chi connectivity index (χ1v) is 4.89. The SMILES string of the molecule is COCCn1ncc(Br)c1CCO. The fraction of sp³-hybridized carbons (Fsp3) is 0.625. The third-order valence-corrected chi connectivity index (χ3v) is 2.42. The molecule has 0 atom stereocenters. The molecule has 0 bridgehead atoms. The second-order valence-corrected chi connectivity index (χ2v) is 3.48. The highest BCUT2D eigenvalue weighted by molar-refractivity contribution is 9.10. The number of methoxy groups -OCH3 is 1. The van der Waals surface area contributed by atoms with Gasteiger partial charge in [-0.15, -0.1) is 0 Å². The van der Waals surface area contributed by atoms with Gasteiger partial charge >= 0.3 is 0 Å². The van der Waals surface area contributed by atoms with Gasteiger partial charge in [-0.3, -0.25) is 4.68 Å². The smallest absolute Gasteiger partial charge is 0.0658 e. The second kappa shape index (κ2) is 5.36. The Morgan fingerprint density at radius 3 is 3.08 bits per heavy atom. The van der Waals surface area contributed by atoms with Crippen LogP contribution >= 0.6 is 15.9 Å². The number of aromatic nitrogens is 2. The van der Waals surface area contributed by atoms with Crippen LogP contribution in [0.25, 0.3) is 0 Å². The van der Waals surface area contributed by atoms with Crippen molar-refractivity contribution in [1.82, 2.24) is 9.78 Å². The van der Waals surface area contributed by atoms with Gasteiger partial charge in [0, 0.05) is 20.1 Å². The minimum absolute atomic E-state index is 0.136. The molecule has 13 heavy (non-hydrogen) atoms. The van der Waals surface area contributed by atoms with E-state index in [2.05, 4.69) is 21.0 Å². The summed E-state index contributed by atoms with van der Waals surface area (Å²) in [6, 6.07) is 0. The topological polar surface area (TPSA) is 47.3 Å². The van der Waals surface area contributed by atoms with Gasteiger partial charge in [-0.2, -0.15) is 5.10 Å². The molecule has 0 aliphatic heterocycles. The lowest BCUT2D eigenvalue weighted by molar-refractivity contribution is 0.181.